The second kappa shape index (κ2) is 8.11. The third-order valence-electron chi connectivity index (χ3n) is 3.90. The molecule has 27 heavy (non-hydrogen) atoms. The van der Waals surface area contributed by atoms with Crippen LogP contribution in [0.15, 0.2) is 41.5 Å². The molecule has 0 spiro atoms. The number of ether oxygens (including phenoxy) is 1. The molecule has 2 aromatic rings. The van der Waals surface area contributed by atoms with E-state index in [9.17, 15) is 13.2 Å². The largest absolute Gasteiger partial charge is 0.493 e. The number of nitrogens with two attached hydrogens (primary N) is 1. The Labute approximate surface area is 153 Å². The fourth-order valence-electron chi connectivity index (χ4n) is 2.66. The second-order valence-electron chi connectivity index (χ2n) is 5.83. The smallest absolute Gasteiger partial charge is 0.433 e. The summed E-state index contributed by atoms with van der Waals surface area (Å²) < 4.78 is 43.4. The number of nitrogens with one attached hydrogen (secondary N) is 2. The first-order valence-corrected chi connectivity index (χ1v) is 8.36. The van der Waals surface area contributed by atoms with E-state index in [2.05, 4.69) is 25.6 Å². The normalized spacial score (nSPS) is 17.0. The van der Waals surface area contributed by atoms with Crippen molar-refractivity contribution in [3.05, 3.63) is 47.8 Å². The number of alkyl halides is 3. The van der Waals surface area contributed by atoms with Crippen molar-refractivity contribution < 1.29 is 17.9 Å². The van der Waals surface area contributed by atoms with Crippen LogP contribution in [0, 0.1) is 0 Å². The Morgan fingerprint density at radius 1 is 1.30 bits per heavy atom. The van der Waals surface area contributed by atoms with Gasteiger partial charge in [-0.2, -0.15) is 13.2 Å². The zero-order valence-corrected chi connectivity index (χ0v) is 14.3. The molecule has 0 saturated heterocycles. The van der Waals surface area contributed by atoms with Crippen LogP contribution < -0.4 is 21.1 Å². The number of aromatic nitrogens is 2. The van der Waals surface area contributed by atoms with Crippen molar-refractivity contribution in [1.82, 2.24) is 15.3 Å². The van der Waals surface area contributed by atoms with Gasteiger partial charge in [0.1, 0.15) is 11.4 Å². The molecule has 0 amide bonds. The van der Waals surface area contributed by atoms with Crippen LogP contribution in [-0.4, -0.2) is 35.6 Å². The fourth-order valence-corrected chi connectivity index (χ4v) is 2.66. The van der Waals surface area contributed by atoms with Crippen LogP contribution in [0.4, 0.5) is 19.1 Å². The van der Waals surface area contributed by atoms with Crippen molar-refractivity contribution in [3.8, 4) is 5.75 Å². The Balaban J connectivity index is 1.51. The number of para-hydroxylation sites is 1. The summed E-state index contributed by atoms with van der Waals surface area (Å²) in [6.45, 7) is 1.08. The topological polar surface area (TPSA) is 97.5 Å². The molecule has 0 fully saturated rings. The molecule has 144 valence electrons. The fraction of sp³-hybridized carbons (Fsp3) is 0.353. The van der Waals surface area contributed by atoms with Gasteiger partial charge in [0.25, 0.3) is 0 Å². The number of halogens is 3. The highest BCUT2D eigenvalue weighted by Crippen LogP contribution is 2.31. The van der Waals surface area contributed by atoms with E-state index in [-0.39, 0.29) is 31.0 Å². The summed E-state index contributed by atoms with van der Waals surface area (Å²) in [6, 6.07) is 8.51. The molecule has 0 bridgehead atoms. The number of benzene rings is 1. The van der Waals surface area contributed by atoms with Crippen LogP contribution in [0.1, 0.15) is 23.7 Å². The molecular formula is C17H19F3N6O. The van der Waals surface area contributed by atoms with Gasteiger partial charge in [0, 0.05) is 24.7 Å². The molecule has 1 aliphatic rings. The summed E-state index contributed by atoms with van der Waals surface area (Å²) in [5, 5.41) is 5.84. The van der Waals surface area contributed by atoms with Gasteiger partial charge in [0.15, 0.2) is 5.96 Å². The number of hydrogen-bond acceptors (Lipinski definition) is 5. The maximum Gasteiger partial charge on any atom is 0.433 e. The van der Waals surface area contributed by atoms with Crippen molar-refractivity contribution in [3.63, 3.8) is 0 Å². The third-order valence-corrected chi connectivity index (χ3v) is 3.90. The summed E-state index contributed by atoms with van der Waals surface area (Å²) in [6.07, 6.45) is -2.70. The van der Waals surface area contributed by atoms with Gasteiger partial charge in [-0.1, -0.05) is 18.2 Å². The number of guanidine groups is 1. The molecular weight excluding hydrogens is 361 g/mol. The van der Waals surface area contributed by atoms with Crippen LogP contribution in [0.5, 0.6) is 5.75 Å². The minimum Gasteiger partial charge on any atom is -0.493 e. The Bertz CT molecular complexity index is 811. The molecule has 1 atom stereocenters. The van der Waals surface area contributed by atoms with Crippen molar-refractivity contribution in [2.75, 3.05) is 25.0 Å². The lowest BCUT2D eigenvalue weighted by Gasteiger charge is -2.26. The zero-order valence-electron chi connectivity index (χ0n) is 14.3. The lowest BCUT2D eigenvalue weighted by molar-refractivity contribution is -0.141. The molecule has 7 nitrogen and oxygen atoms in total. The first-order valence-electron chi connectivity index (χ1n) is 8.36. The molecule has 10 heteroatoms. The van der Waals surface area contributed by atoms with E-state index >= 15 is 0 Å². The molecule has 3 rings (SSSR count). The van der Waals surface area contributed by atoms with E-state index in [1.165, 1.54) is 0 Å². The van der Waals surface area contributed by atoms with E-state index < -0.39 is 11.9 Å². The van der Waals surface area contributed by atoms with Crippen LogP contribution in [0.25, 0.3) is 0 Å². The van der Waals surface area contributed by atoms with Gasteiger partial charge in [-0.15, -0.1) is 0 Å². The average Bonchev–Trinajstić information content (AvgIpc) is 2.65. The molecule has 0 saturated carbocycles. The van der Waals surface area contributed by atoms with Gasteiger partial charge in [-0.3, -0.25) is 4.99 Å². The number of aliphatic imine (C=N–C) groups is 1. The highest BCUT2D eigenvalue weighted by Gasteiger charge is 2.32. The van der Waals surface area contributed by atoms with Gasteiger partial charge in [0.05, 0.1) is 19.2 Å². The van der Waals surface area contributed by atoms with Crippen molar-refractivity contribution in [1.29, 1.82) is 0 Å². The van der Waals surface area contributed by atoms with Crippen molar-refractivity contribution in [2.24, 2.45) is 10.7 Å². The number of anilines is 1. The average molecular weight is 380 g/mol. The molecule has 1 aliphatic heterocycles. The Hall–Kier alpha value is -3.04. The highest BCUT2D eigenvalue weighted by molar-refractivity contribution is 5.78. The molecule has 1 aromatic heterocycles. The summed E-state index contributed by atoms with van der Waals surface area (Å²) in [7, 11) is 0. The Morgan fingerprint density at radius 3 is 2.93 bits per heavy atom. The minimum atomic E-state index is -4.51. The first-order chi connectivity index (χ1) is 12.9. The molecule has 0 aliphatic carbocycles. The number of fused-ring (bicyclic) bond motifs is 1. The van der Waals surface area contributed by atoms with Gasteiger partial charge in [0.2, 0.25) is 5.95 Å². The van der Waals surface area contributed by atoms with Crippen LogP contribution >= 0.6 is 0 Å². The van der Waals surface area contributed by atoms with Crippen molar-refractivity contribution in [2.45, 2.75) is 18.6 Å². The maximum absolute atomic E-state index is 12.6. The van der Waals surface area contributed by atoms with Gasteiger partial charge < -0.3 is 21.1 Å². The molecule has 4 N–H and O–H groups in total. The van der Waals surface area contributed by atoms with Crippen molar-refractivity contribution >= 4 is 11.9 Å². The minimum absolute atomic E-state index is 0.00143. The van der Waals surface area contributed by atoms with E-state index in [4.69, 9.17) is 10.5 Å². The van der Waals surface area contributed by atoms with E-state index in [1.807, 2.05) is 24.3 Å². The standard InChI is InChI=1S/C17H19F3N6O/c18-17(19,20)14-5-7-23-16(26-14)24-9-8-22-15(21)25-12-6-10-27-13-4-2-1-3-11(12)13/h1-5,7,12H,6,8-10H2,(H3,21,22,25)(H,23,24,26). The first kappa shape index (κ1) is 18.7. The van der Waals surface area contributed by atoms with Crippen LogP contribution in [0.2, 0.25) is 0 Å². The van der Waals surface area contributed by atoms with Gasteiger partial charge >= 0.3 is 6.18 Å². The Kier molecular flexibility index (Phi) is 5.63. The SMILES string of the molecule is NC(=NCCNc1nccc(C(F)(F)F)n1)NC1CCOc2ccccc21. The molecule has 0 radical (unpaired) electrons. The number of nitrogens with zero attached hydrogens (tertiary/aromatic N) is 3. The second-order valence-corrected chi connectivity index (χ2v) is 5.83. The summed E-state index contributed by atoms with van der Waals surface area (Å²) in [4.78, 5) is 11.4. The predicted octanol–water partition coefficient (Wildman–Crippen LogP) is 2.34. The molecule has 1 unspecified atom stereocenters. The monoisotopic (exact) mass is 380 g/mol. The summed E-state index contributed by atoms with van der Waals surface area (Å²) in [5.74, 6) is 0.964. The van der Waals surface area contributed by atoms with E-state index in [0.717, 1.165) is 30.0 Å². The lowest BCUT2D eigenvalue weighted by atomic mass is 10.0. The van der Waals surface area contributed by atoms with Crippen LogP contribution in [0.3, 0.4) is 0 Å². The zero-order chi connectivity index (χ0) is 19.3. The third kappa shape index (κ3) is 4.99. The van der Waals surface area contributed by atoms with E-state index in [0.29, 0.717) is 6.61 Å². The van der Waals surface area contributed by atoms with Gasteiger partial charge in [-0.05, 0) is 12.1 Å². The molecule has 2 heterocycles. The molecule has 1 aromatic carbocycles. The van der Waals surface area contributed by atoms with Gasteiger partial charge in [-0.25, -0.2) is 9.97 Å². The number of rotatable bonds is 5. The Morgan fingerprint density at radius 2 is 2.11 bits per heavy atom. The lowest BCUT2D eigenvalue weighted by Crippen LogP contribution is -2.37. The van der Waals surface area contributed by atoms with E-state index in [1.54, 1.807) is 0 Å². The maximum atomic E-state index is 12.6. The summed E-state index contributed by atoms with van der Waals surface area (Å²) in [5.41, 5.74) is 5.93. The number of hydrogen-bond donors (Lipinski definition) is 3. The summed E-state index contributed by atoms with van der Waals surface area (Å²) >= 11 is 0. The predicted molar refractivity (Wildman–Crippen MR) is 94.4 cm³/mol. The quantitative estimate of drug-likeness (QED) is 0.419. The van der Waals surface area contributed by atoms with Crippen LogP contribution in [-0.2, 0) is 6.18 Å². The highest BCUT2D eigenvalue weighted by atomic mass is 19.4.